The second-order valence-corrected chi connectivity index (χ2v) is 5.14. The van der Waals surface area contributed by atoms with E-state index < -0.39 is 0 Å². The molecule has 0 aliphatic heterocycles. The van der Waals surface area contributed by atoms with Crippen molar-refractivity contribution in [2.75, 3.05) is 13.7 Å². The predicted molar refractivity (Wildman–Crippen MR) is 64.4 cm³/mol. The standard InChI is InChI=1S/C11H17BrN2O/c1-8(2)11-5-10(13-7-14-11)4-9(12)6-15-3/h5,7-9H,4,6H2,1-3H3. The molecule has 0 N–H and O–H groups in total. The molecule has 0 radical (unpaired) electrons. The smallest absolute Gasteiger partial charge is 0.115 e. The first-order valence-corrected chi connectivity index (χ1v) is 5.99. The Kier molecular flexibility index (Phi) is 5.19. The number of hydrogen-bond donors (Lipinski definition) is 0. The van der Waals surface area contributed by atoms with E-state index in [0.717, 1.165) is 17.8 Å². The third kappa shape index (κ3) is 4.26. The average molecular weight is 273 g/mol. The van der Waals surface area contributed by atoms with Crippen LogP contribution in [0.5, 0.6) is 0 Å². The van der Waals surface area contributed by atoms with E-state index >= 15 is 0 Å². The summed E-state index contributed by atoms with van der Waals surface area (Å²) in [5, 5.41) is 0. The lowest BCUT2D eigenvalue weighted by Gasteiger charge is -2.09. The molecule has 1 rings (SSSR count). The van der Waals surface area contributed by atoms with Gasteiger partial charge >= 0.3 is 0 Å². The second kappa shape index (κ2) is 6.18. The summed E-state index contributed by atoms with van der Waals surface area (Å²) in [4.78, 5) is 8.80. The number of alkyl halides is 1. The highest BCUT2D eigenvalue weighted by Crippen LogP contribution is 2.14. The van der Waals surface area contributed by atoms with Gasteiger partial charge < -0.3 is 4.74 Å². The van der Waals surface area contributed by atoms with Crippen LogP contribution in [0.4, 0.5) is 0 Å². The Morgan fingerprint density at radius 1 is 1.40 bits per heavy atom. The molecule has 0 amide bonds. The Bertz CT molecular complexity index is 304. The van der Waals surface area contributed by atoms with Crippen LogP contribution < -0.4 is 0 Å². The Labute approximate surface area is 99.4 Å². The van der Waals surface area contributed by atoms with E-state index in [9.17, 15) is 0 Å². The predicted octanol–water partition coefficient (Wildman–Crippen LogP) is 2.55. The zero-order valence-corrected chi connectivity index (χ0v) is 11.0. The minimum absolute atomic E-state index is 0.317. The fourth-order valence-electron chi connectivity index (χ4n) is 1.31. The Hall–Kier alpha value is -0.480. The molecule has 1 heterocycles. The number of halogens is 1. The summed E-state index contributed by atoms with van der Waals surface area (Å²) in [5.74, 6) is 0.447. The van der Waals surface area contributed by atoms with Gasteiger partial charge in [0.05, 0.1) is 6.61 Å². The number of nitrogens with zero attached hydrogens (tertiary/aromatic N) is 2. The van der Waals surface area contributed by atoms with Crippen molar-refractivity contribution in [1.82, 2.24) is 9.97 Å². The average Bonchev–Trinajstić information content (AvgIpc) is 2.18. The minimum Gasteiger partial charge on any atom is -0.384 e. The van der Waals surface area contributed by atoms with Crippen LogP contribution in [0.25, 0.3) is 0 Å². The molecule has 1 atom stereocenters. The number of methoxy groups -OCH3 is 1. The Balaban J connectivity index is 2.65. The van der Waals surface area contributed by atoms with Gasteiger partial charge in [-0.2, -0.15) is 0 Å². The van der Waals surface area contributed by atoms with Crippen molar-refractivity contribution < 1.29 is 4.74 Å². The molecule has 0 saturated heterocycles. The molecule has 1 aromatic heterocycles. The monoisotopic (exact) mass is 272 g/mol. The number of rotatable bonds is 5. The molecule has 0 bridgehead atoms. The highest BCUT2D eigenvalue weighted by Gasteiger charge is 2.08. The van der Waals surface area contributed by atoms with E-state index in [1.807, 2.05) is 0 Å². The first kappa shape index (κ1) is 12.6. The molecule has 1 unspecified atom stereocenters. The van der Waals surface area contributed by atoms with Gasteiger partial charge in [0, 0.05) is 29.7 Å². The van der Waals surface area contributed by atoms with Gasteiger partial charge in [-0.15, -0.1) is 0 Å². The molecule has 0 aromatic carbocycles. The number of hydrogen-bond acceptors (Lipinski definition) is 3. The first-order chi connectivity index (χ1) is 7.13. The zero-order chi connectivity index (χ0) is 11.3. The lowest BCUT2D eigenvalue weighted by Crippen LogP contribution is -2.11. The van der Waals surface area contributed by atoms with Crippen LogP contribution >= 0.6 is 15.9 Å². The summed E-state index contributed by atoms with van der Waals surface area (Å²) in [7, 11) is 1.70. The molecule has 0 saturated carbocycles. The van der Waals surface area contributed by atoms with Crippen molar-refractivity contribution in [2.24, 2.45) is 0 Å². The van der Waals surface area contributed by atoms with Gasteiger partial charge in [0.2, 0.25) is 0 Å². The van der Waals surface area contributed by atoms with Crippen LogP contribution in [0.1, 0.15) is 31.2 Å². The van der Waals surface area contributed by atoms with Crippen molar-refractivity contribution in [3.63, 3.8) is 0 Å². The highest BCUT2D eigenvalue weighted by molar-refractivity contribution is 9.09. The number of ether oxygens (including phenoxy) is 1. The van der Waals surface area contributed by atoms with Gasteiger partial charge in [0.15, 0.2) is 0 Å². The van der Waals surface area contributed by atoms with Gasteiger partial charge in [0.25, 0.3) is 0 Å². The number of aromatic nitrogens is 2. The van der Waals surface area contributed by atoms with Crippen molar-refractivity contribution in [3.8, 4) is 0 Å². The lowest BCUT2D eigenvalue weighted by atomic mass is 10.1. The van der Waals surface area contributed by atoms with Crippen molar-refractivity contribution in [2.45, 2.75) is 31.0 Å². The Morgan fingerprint density at radius 3 is 2.73 bits per heavy atom. The summed E-state index contributed by atoms with van der Waals surface area (Å²) in [6.45, 7) is 4.96. The third-order valence-corrected chi connectivity index (χ3v) is 2.70. The van der Waals surface area contributed by atoms with Crippen molar-refractivity contribution >= 4 is 15.9 Å². The minimum atomic E-state index is 0.317. The first-order valence-electron chi connectivity index (χ1n) is 5.07. The van der Waals surface area contributed by atoms with E-state index in [2.05, 4.69) is 45.8 Å². The summed E-state index contributed by atoms with van der Waals surface area (Å²) >= 11 is 3.55. The summed E-state index contributed by atoms with van der Waals surface area (Å²) in [6.07, 6.45) is 2.51. The van der Waals surface area contributed by atoms with Crippen LogP contribution in [-0.2, 0) is 11.2 Å². The largest absolute Gasteiger partial charge is 0.384 e. The van der Waals surface area contributed by atoms with Crippen LogP contribution in [0.2, 0.25) is 0 Å². The Morgan fingerprint density at radius 2 is 2.13 bits per heavy atom. The fraction of sp³-hybridized carbons (Fsp3) is 0.636. The second-order valence-electron chi connectivity index (χ2n) is 3.85. The molecule has 15 heavy (non-hydrogen) atoms. The zero-order valence-electron chi connectivity index (χ0n) is 9.40. The molecule has 0 fully saturated rings. The highest BCUT2D eigenvalue weighted by atomic mass is 79.9. The molecule has 3 nitrogen and oxygen atoms in total. The quantitative estimate of drug-likeness (QED) is 0.773. The summed E-state index contributed by atoms with van der Waals surface area (Å²) < 4.78 is 5.06. The lowest BCUT2D eigenvalue weighted by molar-refractivity contribution is 0.200. The van der Waals surface area contributed by atoms with Crippen LogP contribution in [0.3, 0.4) is 0 Å². The fourth-order valence-corrected chi connectivity index (χ4v) is 1.91. The SMILES string of the molecule is COCC(Br)Cc1cc(C(C)C)ncn1. The maximum absolute atomic E-state index is 5.06. The molecule has 1 aromatic rings. The van der Waals surface area contributed by atoms with Crippen LogP contribution in [0, 0.1) is 0 Å². The van der Waals surface area contributed by atoms with Crippen molar-refractivity contribution in [1.29, 1.82) is 0 Å². The van der Waals surface area contributed by atoms with Gasteiger partial charge in [-0.1, -0.05) is 29.8 Å². The topological polar surface area (TPSA) is 35.0 Å². The van der Waals surface area contributed by atoms with Crippen LogP contribution in [0.15, 0.2) is 12.4 Å². The molecule has 84 valence electrons. The van der Waals surface area contributed by atoms with E-state index in [0.29, 0.717) is 17.4 Å². The van der Waals surface area contributed by atoms with E-state index in [1.165, 1.54) is 0 Å². The van der Waals surface area contributed by atoms with Gasteiger partial charge in [-0.3, -0.25) is 0 Å². The summed E-state index contributed by atoms with van der Waals surface area (Å²) in [6, 6.07) is 2.06. The molecule has 0 aliphatic carbocycles. The van der Waals surface area contributed by atoms with Gasteiger partial charge in [0.1, 0.15) is 6.33 Å². The van der Waals surface area contributed by atoms with E-state index in [4.69, 9.17) is 4.74 Å². The van der Waals surface area contributed by atoms with Crippen molar-refractivity contribution in [3.05, 3.63) is 23.8 Å². The molecular weight excluding hydrogens is 256 g/mol. The van der Waals surface area contributed by atoms with E-state index in [-0.39, 0.29) is 0 Å². The third-order valence-electron chi connectivity index (χ3n) is 2.11. The van der Waals surface area contributed by atoms with Gasteiger partial charge in [-0.25, -0.2) is 9.97 Å². The maximum atomic E-state index is 5.06. The van der Waals surface area contributed by atoms with E-state index in [1.54, 1.807) is 13.4 Å². The maximum Gasteiger partial charge on any atom is 0.115 e. The molecular formula is C11H17BrN2O. The van der Waals surface area contributed by atoms with Crippen LogP contribution in [-0.4, -0.2) is 28.5 Å². The molecule has 0 aliphatic rings. The normalized spacial score (nSPS) is 13.1. The summed E-state index contributed by atoms with van der Waals surface area (Å²) in [5.41, 5.74) is 2.16. The molecule has 4 heteroatoms. The molecule has 0 spiro atoms. The van der Waals surface area contributed by atoms with Gasteiger partial charge in [-0.05, 0) is 12.0 Å².